The molecule has 134 valence electrons. The van der Waals surface area contributed by atoms with Crippen LogP contribution in [-0.2, 0) is 4.74 Å². The highest BCUT2D eigenvalue weighted by Gasteiger charge is 2.24. The lowest BCUT2D eigenvalue weighted by atomic mass is 10.1. The molecule has 1 aliphatic carbocycles. The van der Waals surface area contributed by atoms with Crippen LogP contribution in [-0.4, -0.2) is 63.3 Å². The maximum atomic E-state index is 5.66. The van der Waals surface area contributed by atoms with Crippen molar-refractivity contribution in [2.24, 2.45) is 16.8 Å². The van der Waals surface area contributed by atoms with Gasteiger partial charge in [0.25, 0.3) is 0 Å². The standard InChI is InChI=1S/C18H36N4O/c1-15(2)13-22-10-4-6-17(22)12-21-18(19-3)20-9-5-11-23-14-16-7-8-16/h15-17H,4-14H2,1-3H3,(H2,19,20,21)/t17-/m1/s1. The lowest BCUT2D eigenvalue weighted by Gasteiger charge is -2.27. The molecule has 23 heavy (non-hydrogen) atoms. The average Bonchev–Trinajstić information content (AvgIpc) is 3.25. The van der Waals surface area contributed by atoms with Crippen LogP contribution in [0.15, 0.2) is 4.99 Å². The number of nitrogens with zero attached hydrogens (tertiary/aromatic N) is 2. The third kappa shape index (κ3) is 7.53. The van der Waals surface area contributed by atoms with E-state index in [0.717, 1.165) is 50.5 Å². The summed E-state index contributed by atoms with van der Waals surface area (Å²) in [7, 11) is 1.85. The number of ether oxygens (including phenoxy) is 1. The van der Waals surface area contributed by atoms with E-state index in [0.29, 0.717) is 6.04 Å². The molecule has 2 aliphatic rings. The Morgan fingerprint density at radius 2 is 2.09 bits per heavy atom. The molecule has 5 heteroatoms. The van der Waals surface area contributed by atoms with Gasteiger partial charge in [-0.3, -0.25) is 9.89 Å². The summed E-state index contributed by atoms with van der Waals surface area (Å²) in [5.74, 6) is 2.52. The van der Waals surface area contributed by atoms with Gasteiger partial charge in [0.05, 0.1) is 0 Å². The number of likely N-dealkylation sites (tertiary alicyclic amines) is 1. The number of hydrogen-bond donors (Lipinski definition) is 2. The van der Waals surface area contributed by atoms with Crippen molar-refractivity contribution in [2.75, 3.05) is 46.4 Å². The van der Waals surface area contributed by atoms with Crippen LogP contribution in [0.3, 0.4) is 0 Å². The number of hydrogen-bond acceptors (Lipinski definition) is 3. The van der Waals surface area contributed by atoms with Crippen LogP contribution in [0.4, 0.5) is 0 Å². The average molecular weight is 325 g/mol. The Bertz CT molecular complexity index is 355. The zero-order valence-corrected chi connectivity index (χ0v) is 15.3. The van der Waals surface area contributed by atoms with Crippen LogP contribution in [0.1, 0.15) is 46.0 Å². The van der Waals surface area contributed by atoms with Crippen LogP contribution < -0.4 is 10.6 Å². The minimum absolute atomic E-state index is 0.651. The van der Waals surface area contributed by atoms with Crippen molar-refractivity contribution in [1.29, 1.82) is 0 Å². The molecule has 1 aliphatic heterocycles. The van der Waals surface area contributed by atoms with Crippen LogP contribution in [0.2, 0.25) is 0 Å². The molecule has 1 heterocycles. The molecule has 0 aromatic rings. The van der Waals surface area contributed by atoms with E-state index in [9.17, 15) is 0 Å². The second-order valence-electron chi connectivity index (χ2n) is 7.44. The minimum Gasteiger partial charge on any atom is -0.381 e. The Hall–Kier alpha value is -0.810. The van der Waals surface area contributed by atoms with Crippen LogP contribution in [0.25, 0.3) is 0 Å². The molecule has 0 spiro atoms. The Labute approximate surface area is 142 Å². The third-order valence-electron chi connectivity index (χ3n) is 4.64. The van der Waals surface area contributed by atoms with Gasteiger partial charge < -0.3 is 15.4 Å². The Balaban J connectivity index is 1.54. The van der Waals surface area contributed by atoms with Crippen molar-refractivity contribution < 1.29 is 4.74 Å². The fraction of sp³-hybridized carbons (Fsp3) is 0.944. The Morgan fingerprint density at radius 3 is 2.78 bits per heavy atom. The smallest absolute Gasteiger partial charge is 0.191 e. The normalized spacial score (nSPS) is 22.8. The molecule has 1 saturated carbocycles. The summed E-state index contributed by atoms with van der Waals surface area (Å²) in [6, 6.07) is 0.651. The highest BCUT2D eigenvalue weighted by Crippen LogP contribution is 2.28. The molecule has 0 bridgehead atoms. The van der Waals surface area contributed by atoms with Crippen LogP contribution in [0.5, 0.6) is 0 Å². The fourth-order valence-electron chi connectivity index (χ4n) is 3.19. The Morgan fingerprint density at radius 1 is 1.26 bits per heavy atom. The van der Waals surface area contributed by atoms with Crippen LogP contribution >= 0.6 is 0 Å². The highest BCUT2D eigenvalue weighted by molar-refractivity contribution is 5.79. The molecule has 0 unspecified atom stereocenters. The van der Waals surface area contributed by atoms with Crippen molar-refractivity contribution >= 4 is 5.96 Å². The van der Waals surface area contributed by atoms with Crippen molar-refractivity contribution in [2.45, 2.75) is 52.0 Å². The molecule has 0 aromatic heterocycles. The van der Waals surface area contributed by atoms with E-state index < -0.39 is 0 Å². The molecule has 0 aromatic carbocycles. The lowest BCUT2D eigenvalue weighted by molar-refractivity contribution is 0.123. The first-order valence-electron chi connectivity index (χ1n) is 9.45. The summed E-state index contributed by atoms with van der Waals surface area (Å²) in [6.07, 6.45) is 6.39. The fourth-order valence-corrected chi connectivity index (χ4v) is 3.19. The van der Waals surface area contributed by atoms with E-state index in [2.05, 4.69) is 34.4 Å². The van der Waals surface area contributed by atoms with E-state index in [4.69, 9.17) is 4.74 Å². The summed E-state index contributed by atoms with van der Waals surface area (Å²) in [5.41, 5.74) is 0. The van der Waals surface area contributed by atoms with Gasteiger partial charge >= 0.3 is 0 Å². The van der Waals surface area contributed by atoms with Gasteiger partial charge in [-0.1, -0.05) is 13.8 Å². The third-order valence-corrected chi connectivity index (χ3v) is 4.64. The van der Waals surface area contributed by atoms with Crippen molar-refractivity contribution in [3.8, 4) is 0 Å². The first kappa shape index (κ1) is 18.5. The van der Waals surface area contributed by atoms with Gasteiger partial charge in [0.15, 0.2) is 5.96 Å². The number of nitrogens with one attached hydrogen (secondary N) is 2. The van der Waals surface area contributed by atoms with Gasteiger partial charge in [-0.2, -0.15) is 0 Å². The quantitative estimate of drug-likeness (QED) is 0.367. The zero-order valence-electron chi connectivity index (χ0n) is 15.3. The molecule has 0 amide bonds. The lowest BCUT2D eigenvalue weighted by Crippen LogP contribution is -2.45. The van der Waals surface area contributed by atoms with Gasteiger partial charge in [-0.15, -0.1) is 0 Å². The Kier molecular flexibility index (Phi) is 8.17. The molecule has 1 saturated heterocycles. The highest BCUT2D eigenvalue weighted by atomic mass is 16.5. The maximum absolute atomic E-state index is 5.66. The molecule has 2 fully saturated rings. The van der Waals surface area contributed by atoms with Crippen LogP contribution in [0, 0.1) is 11.8 Å². The molecule has 2 N–H and O–H groups in total. The van der Waals surface area contributed by atoms with Gasteiger partial charge in [-0.25, -0.2) is 0 Å². The monoisotopic (exact) mass is 324 g/mol. The SMILES string of the molecule is CN=C(NCCCOCC1CC1)NC[C@H]1CCCN1CC(C)C. The zero-order chi connectivity index (χ0) is 16.5. The molecule has 0 radical (unpaired) electrons. The van der Waals surface area contributed by atoms with Crippen molar-refractivity contribution in [3.63, 3.8) is 0 Å². The first-order chi connectivity index (χ1) is 11.2. The summed E-state index contributed by atoms with van der Waals surface area (Å²) >= 11 is 0. The number of guanidine groups is 1. The molecular weight excluding hydrogens is 288 g/mol. The van der Waals surface area contributed by atoms with E-state index in [1.807, 2.05) is 7.05 Å². The largest absolute Gasteiger partial charge is 0.381 e. The molecule has 1 atom stereocenters. The van der Waals surface area contributed by atoms with Gasteiger partial charge in [-0.05, 0) is 50.5 Å². The predicted octanol–water partition coefficient (Wildman–Crippen LogP) is 2.09. The second-order valence-corrected chi connectivity index (χ2v) is 7.44. The van der Waals surface area contributed by atoms with E-state index >= 15 is 0 Å². The van der Waals surface area contributed by atoms with E-state index in [1.54, 1.807) is 0 Å². The second kappa shape index (κ2) is 10.1. The molecule has 5 nitrogen and oxygen atoms in total. The summed E-state index contributed by atoms with van der Waals surface area (Å²) < 4.78 is 5.66. The van der Waals surface area contributed by atoms with Gasteiger partial charge in [0.2, 0.25) is 0 Å². The summed E-state index contributed by atoms with van der Waals surface area (Å²) in [6.45, 7) is 10.8. The van der Waals surface area contributed by atoms with Crippen molar-refractivity contribution in [3.05, 3.63) is 0 Å². The maximum Gasteiger partial charge on any atom is 0.191 e. The molecular formula is C18H36N4O. The summed E-state index contributed by atoms with van der Waals surface area (Å²) in [5, 5.41) is 6.88. The van der Waals surface area contributed by atoms with Gasteiger partial charge in [0, 0.05) is 45.9 Å². The van der Waals surface area contributed by atoms with Gasteiger partial charge in [0.1, 0.15) is 0 Å². The summed E-state index contributed by atoms with van der Waals surface area (Å²) in [4.78, 5) is 6.95. The topological polar surface area (TPSA) is 48.9 Å². The van der Waals surface area contributed by atoms with E-state index in [1.165, 1.54) is 38.8 Å². The van der Waals surface area contributed by atoms with E-state index in [-0.39, 0.29) is 0 Å². The molecule has 2 rings (SSSR count). The number of aliphatic imine (C=N–C) groups is 1. The first-order valence-corrected chi connectivity index (χ1v) is 9.45. The predicted molar refractivity (Wildman–Crippen MR) is 97.0 cm³/mol. The minimum atomic E-state index is 0.651. The van der Waals surface area contributed by atoms with Crippen molar-refractivity contribution in [1.82, 2.24) is 15.5 Å². The number of rotatable bonds is 10.